The Morgan fingerprint density at radius 3 is 1.26 bits per heavy atom. The Morgan fingerprint density at radius 2 is 0.814 bits per heavy atom. The van der Waals surface area contributed by atoms with Crippen molar-refractivity contribution in [1.29, 1.82) is 0 Å². The zero-order chi connectivity index (χ0) is 30.3. The van der Waals surface area contributed by atoms with Gasteiger partial charge in [-0.1, -0.05) is 75.7 Å². The maximum Gasteiger partial charge on any atom is 0.131 e. The van der Waals surface area contributed by atoms with Gasteiger partial charge in [0.15, 0.2) is 0 Å². The first-order valence-corrected chi connectivity index (χ1v) is 16.0. The fourth-order valence-electron chi connectivity index (χ4n) is 5.25. The molecule has 1 aliphatic rings. The molecule has 0 aliphatic carbocycles. The summed E-state index contributed by atoms with van der Waals surface area (Å²) in [5.41, 5.74) is 4.99. The first kappa shape index (κ1) is 32.6. The molecule has 0 atom stereocenters. The van der Waals surface area contributed by atoms with E-state index in [-0.39, 0.29) is 0 Å². The third-order valence-electron chi connectivity index (χ3n) is 7.00. The van der Waals surface area contributed by atoms with Crippen LogP contribution in [0.2, 0.25) is 30.9 Å². The van der Waals surface area contributed by atoms with Gasteiger partial charge < -0.3 is 0 Å². The lowest BCUT2D eigenvalue weighted by molar-refractivity contribution is 0.175. The van der Waals surface area contributed by atoms with Crippen molar-refractivity contribution in [3.05, 3.63) is 114 Å². The molecule has 5 heterocycles. The Bertz CT molecular complexity index is 1490. The van der Waals surface area contributed by atoms with Crippen LogP contribution >= 0.6 is 69.6 Å². The van der Waals surface area contributed by atoms with Crippen LogP contribution in [0.25, 0.3) is 0 Å². The summed E-state index contributed by atoms with van der Waals surface area (Å²) in [6.07, 6.45) is 0.925. The van der Waals surface area contributed by atoms with Crippen LogP contribution in [0.15, 0.2) is 54.6 Å². The third-order valence-corrected chi connectivity index (χ3v) is 8.16. The largest absolute Gasteiger partial charge is 0.298 e. The summed E-state index contributed by atoms with van der Waals surface area (Å²) in [5.74, 6) is 0. The SMILES string of the molecule is Clc1cc(CN2CCCN(Cc3cc(Cl)nc(Cl)c3)Cc3cccc(n3)CN(Cc3cc(Cl)nc(Cl)c3)CC2)cc(Cl)n1. The van der Waals surface area contributed by atoms with Gasteiger partial charge >= 0.3 is 0 Å². The van der Waals surface area contributed by atoms with Gasteiger partial charge in [-0.15, -0.1) is 0 Å². The molecule has 7 nitrogen and oxygen atoms in total. The van der Waals surface area contributed by atoms with E-state index in [1.54, 1.807) is 0 Å². The van der Waals surface area contributed by atoms with E-state index in [2.05, 4.69) is 47.9 Å². The molecule has 5 rings (SSSR count). The number of hydrogen-bond acceptors (Lipinski definition) is 7. The third kappa shape index (κ3) is 10.4. The van der Waals surface area contributed by atoms with Gasteiger partial charge in [0.1, 0.15) is 30.9 Å². The second kappa shape index (κ2) is 15.5. The van der Waals surface area contributed by atoms with E-state index >= 15 is 0 Å². The van der Waals surface area contributed by atoms with Gasteiger partial charge in [0.2, 0.25) is 0 Å². The van der Waals surface area contributed by atoms with Crippen LogP contribution in [0.3, 0.4) is 0 Å². The molecule has 0 aromatic carbocycles. The van der Waals surface area contributed by atoms with Crippen LogP contribution < -0.4 is 0 Å². The van der Waals surface area contributed by atoms with Crippen molar-refractivity contribution >= 4 is 69.6 Å². The molecule has 13 heteroatoms. The lowest BCUT2D eigenvalue weighted by Gasteiger charge is -2.28. The zero-order valence-corrected chi connectivity index (χ0v) is 27.7. The topological polar surface area (TPSA) is 61.3 Å². The minimum Gasteiger partial charge on any atom is -0.298 e. The van der Waals surface area contributed by atoms with Crippen molar-refractivity contribution < 1.29 is 0 Å². The second-order valence-electron chi connectivity index (χ2n) is 10.5. The molecule has 0 N–H and O–H groups in total. The van der Waals surface area contributed by atoms with Crippen LogP contribution in [0, 0.1) is 0 Å². The fraction of sp³-hybridized carbons (Fsp3) is 0.333. The Labute approximate surface area is 281 Å². The van der Waals surface area contributed by atoms with Crippen molar-refractivity contribution in [1.82, 2.24) is 34.6 Å². The summed E-state index contributed by atoms with van der Waals surface area (Å²) in [7, 11) is 0. The molecule has 4 aromatic rings. The molecule has 2 bridgehead atoms. The molecule has 0 spiro atoms. The predicted octanol–water partition coefficient (Wildman–Crippen LogP) is 8.10. The van der Waals surface area contributed by atoms with Crippen LogP contribution in [0.4, 0.5) is 0 Å². The first-order valence-electron chi connectivity index (χ1n) is 13.7. The number of rotatable bonds is 6. The number of hydrogen-bond donors (Lipinski definition) is 0. The van der Waals surface area contributed by atoms with E-state index in [1.807, 2.05) is 36.4 Å². The second-order valence-corrected chi connectivity index (χ2v) is 12.9. The average Bonchev–Trinajstić information content (AvgIpc) is 2.90. The quantitative estimate of drug-likeness (QED) is 0.189. The Kier molecular flexibility index (Phi) is 11.7. The van der Waals surface area contributed by atoms with Crippen molar-refractivity contribution in [2.75, 3.05) is 26.2 Å². The Balaban J connectivity index is 1.42. The minimum absolute atomic E-state index is 0.374. The summed E-state index contributed by atoms with van der Waals surface area (Å²) in [6.45, 7) is 6.62. The highest BCUT2D eigenvalue weighted by molar-refractivity contribution is 6.33. The van der Waals surface area contributed by atoms with Gasteiger partial charge in [0.05, 0.1) is 11.4 Å². The molecule has 0 unspecified atom stereocenters. The van der Waals surface area contributed by atoms with E-state index < -0.39 is 0 Å². The summed E-state index contributed by atoms with van der Waals surface area (Å²) in [6, 6.07) is 17.4. The molecular weight excluding hydrogens is 671 g/mol. The number of fused-ring (bicyclic) bond motifs is 2. The zero-order valence-electron chi connectivity index (χ0n) is 23.2. The van der Waals surface area contributed by atoms with Crippen molar-refractivity contribution in [3.63, 3.8) is 0 Å². The van der Waals surface area contributed by atoms with E-state index in [4.69, 9.17) is 74.6 Å². The monoisotopic (exact) mass is 697 g/mol. The summed E-state index contributed by atoms with van der Waals surface area (Å²) < 4.78 is 0. The summed E-state index contributed by atoms with van der Waals surface area (Å²) in [4.78, 5) is 24.5. The molecule has 1 aliphatic heterocycles. The number of aromatic nitrogens is 4. The normalized spacial score (nSPS) is 16.0. The van der Waals surface area contributed by atoms with E-state index in [9.17, 15) is 0 Å². The van der Waals surface area contributed by atoms with Crippen molar-refractivity contribution in [3.8, 4) is 0 Å². The highest BCUT2D eigenvalue weighted by atomic mass is 35.5. The predicted molar refractivity (Wildman–Crippen MR) is 175 cm³/mol. The molecular formula is C30H29Cl6N7. The van der Waals surface area contributed by atoms with E-state index in [1.165, 1.54) is 0 Å². The van der Waals surface area contributed by atoms with Crippen LogP contribution in [0.1, 0.15) is 34.5 Å². The van der Waals surface area contributed by atoms with Crippen LogP contribution in [-0.4, -0.2) is 60.8 Å². The number of pyridine rings is 4. The highest BCUT2D eigenvalue weighted by Gasteiger charge is 2.17. The first-order chi connectivity index (χ1) is 20.7. The smallest absolute Gasteiger partial charge is 0.131 e. The van der Waals surface area contributed by atoms with Crippen molar-refractivity contribution in [2.24, 2.45) is 0 Å². The van der Waals surface area contributed by atoms with E-state index in [0.717, 1.165) is 60.7 Å². The van der Waals surface area contributed by atoms with E-state index in [0.29, 0.717) is 63.6 Å². The van der Waals surface area contributed by atoms with Crippen LogP contribution in [-0.2, 0) is 32.7 Å². The minimum atomic E-state index is 0.374. The number of halogens is 6. The van der Waals surface area contributed by atoms with Gasteiger partial charge in [-0.25, -0.2) is 15.0 Å². The lowest BCUT2D eigenvalue weighted by Crippen LogP contribution is -2.36. The average molecular weight is 700 g/mol. The molecule has 43 heavy (non-hydrogen) atoms. The Morgan fingerprint density at radius 1 is 0.465 bits per heavy atom. The van der Waals surface area contributed by atoms with Gasteiger partial charge in [-0.3, -0.25) is 19.7 Å². The van der Waals surface area contributed by atoms with Crippen LogP contribution in [0.5, 0.6) is 0 Å². The maximum atomic E-state index is 6.24. The standard InChI is InChI=1S/C30H29Cl6N7/c31-25-9-20(10-26(32)38-25)15-41-5-2-6-42(16-21-11-27(33)39-28(34)12-21)18-23-3-1-4-24(37-23)19-43(8-7-41)17-22-13-29(35)40-30(36)14-22/h1,3-4,9-14H,2,5-8,15-19H2. The molecule has 0 saturated heterocycles. The van der Waals surface area contributed by atoms with Gasteiger partial charge in [-0.05, 0) is 78.2 Å². The molecule has 0 amide bonds. The molecule has 0 fully saturated rings. The molecule has 0 radical (unpaired) electrons. The molecule has 226 valence electrons. The fourth-order valence-corrected chi connectivity index (χ4v) is 6.77. The highest BCUT2D eigenvalue weighted by Crippen LogP contribution is 2.21. The summed E-state index contributed by atoms with van der Waals surface area (Å²) in [5, 5.41) is 2.27. The molecule has 0 saturated carbocycles. The maximum absolute atomic E-state index is 6.24. The number of nitrogens with zero attached hydrogens (tertiary/aromatic N) is 7. The lowest BCUT2D eigenvalue weighted by atomic mass is 10.2. The van der Waals surface area contributed by atoms with Gasteiger partial charge in [0, 0.05) is 52.4 Å². The Hall–Kier alpha value is -1.78. The summed E-state index contributed by atoms with van der Waals surface area (Å²) >= 11 is 37.4. The molecule has 4 aromatic heterocycles. The van der Waals surface area contributed by atoms with Gasteiger partial charge in [-0.2, -0.15) is 0 Å². The van der Waals surface area contributed by atoms with Crippen molar-refractivity contribution in [2.45, 2.75) is 39.1 Å². The van der Waals surface area contributed by atoms with Gasteiger partial charge in [0.25, 0.3) is 0 Å².